The van der Waals surface area contributed by atoms with Crippen LogP contribution in [-0.2, 0) is 16.0 Å². The molecule has 176 valence electrons. The van der Waals surface area contributed by atoms with Gasteiger partial charge < -0.3 is 14.9 Å². The molecule has 2 unspecified atom stereocenters. The minimum Gasteiger partial charge on any atom is -0.480 e. The smallest absolute Gasteiger partial charge is 0.326 e. The Kier molecular flexibility index (Phi) is 6.66. The minimum absolute atomic E-state index is 0.172. The number of nitrogens with zero attached hydrogens (tertiary/aromatic N) is 3. The largest absolute Gasteiger partial charge is 0.480 e. The average molecular weight is 461 g/mol. The van der Waals surface area contributed by atoms with Crippen LogP contribution in [0.3, 0.4) is 0 Å². The SMILES string of the molecule is CCC(C(=O)O)N1C(=O)C(Cc2ccccc2)NC12CCN(C(=O)c1cccc(C#N)c1)CC2. The second-order valence-electron chi connectivity index (χ2n) is 8.87. The summed E-state index contributed by atoms with van der Waals surface area (Å²) < 4.78 is 0. The third-order valence-corrected chi connectivity index (χ3v) is 6.82. The first-order chi connectivity index (χ1) is 16.4. The molecule has 2 N–H and O–H groups in total. The topological polar surface area (TPSA) is 114 Å². The Hall–Kier alpha value is -3.70. The van der Waals surface area contributed by atoms with Crippen molar-refractivity contribution in [1.29, 1.82) is 5.26 Å². The van der Waals surface area contributed by atoms with E-state index in [2.05, 4.69) is 5.32 Å². The third-order valence-electron chi connectivity index (χ3n) is 6.82. The fourth-order valence-electron chi connectivity index (χ4n) is 5.11. The highest BCUT2D eigenvalue weighted by Gasteiger charge is 2.55. The van der Waals surface area contributed by atoms with Gasteiger partial charge in [0.25, 0.3) is 5.91 Å². The van der Waals surface area contributed by atoms with Crippen molar-refractivity contribution < 1.29 is 19.5 Å². The summed E-state index contributed by atoms with van der Waals surface area (Å²) in [6.07, 6.45) is 1.62. The molecule has 2 saturated heterocycles. The second-order valence-corrected chi connectivity index (χ2v) is 8.87. The van der Waals surface area contributed by atoms with E-state index >= 15 is 0 Å². The van der Waals surface area contributed by atoms with Gasteiger partial charge >= 0.3 is 5.97 Å². The first-order valence-electron chi connectivity index (χ1n) is 11.6. The van der Waals surface area contributed by atoms with Crippen molar-refractivity contribution in [3.05, 3.63) is 71.3 Å². The molecular formula is C26H28N4O4. The molecule has 0 bridgehead atoms. The van der Waals surface area contributed by atoms with Crippen LogP contribution in [0.1, 0.15) is 47.7 Å². The number of amides is 2. The van der Waals surface area contributed by atoms with Gasteiger partial charge in [-0.1, -0.05) is 43.3 Å². The Bertz CT molecular complexity index is 1120. The van der Waals surface area contributed by atoms with E-state index in [4.69, 9.17) is 5.26 Å². The molecule has 34 heavy (non-hydrogen) atoms. The van der Waals surface area contributed by atoms with Gasteiger partial charge in [0.05, 0.1) is 23.3 Å². The monoisotopic (exact) mass is 460 g/mol. The highest BCUT2D eigenvalue weighted by Crippen LogP contribution is 2.36. The number of hydrogen-bond donors (Lipinski definition) is 2. The molecule has 8 heteroatoms. The number of aliphatic carboxylic acids is 1. The van der Waals surface area contributed by atoms with Crippen LogP contribution in [0.25, 0.3) is 0 Å². The van der Waals surface area contributed by atoms with Gasteiger partial charge in [-0.3, -0.25) is 14.9 Å². The standard InChI is InChI=1S/C26H28N4O4/c1-2-22(25(33)34)30-24(32)21(16-18-7-4-3-5-8-18)28-26(30)11-13-29(14-12-26)23(31)20-10-6-9-19(15-20)17-27/h3-10,15,21-22,28H,2,11-14,16H2,1H3,(H,33,34). The summed E-state index contributed by atoms with van der Waals surface area (Å²) in [4.78, 5) is 41.8. The van der Waals surface area contributed by atoms with E-state index in [1.54, 1.807) is 36.1 Å². The Morgan fingerprint density at radius 1 is 1.18 bits per heavy atom. The number of carbonyl (C=O) groups is 3. The van der Waals surface area contributed by atoms with Gasteiger partial charge in [0, 0.05) is 31.5 Å². The summed E-state index contributed by atoms with van der Waals surface area (Å²) in [6, 6.07) is 16.8. The normalized spacial score (nSPS) is 20.2. The number of likely N-dealkylation sites (tertiary alicyclic amines) is 1. The number of benzene rings is 2. The van der Waals surface area contributed by atoms with Crippen LogP contribution in [0, 0.1) is 11.3 Å². The van der Waals surface area contributed by atoms with Crippen LogP contribution in [0.2, 0.25) is 0 Å². The maximum atomic E-state index is 13.5. The van der Waals surface area contributed by atoms with E-state index in [9.17, 15) is 19.5 Å². The van der Waals surface area contributed by atoms with Crippen molar-refractivity contribution in [2.75, 3.05) is 13.1 Å². The number of rotatable bonds is 6. The van der Waals surface area contributed by atoms with Gasteiger partial charge in [0.15, 0.2) is 0 Å². The van der Waals surface area contributed by atoms with Crippen LogP contribution in [0.4, 0.5) is 0 Å². The zero-order valence-electron chi connectivity index (χ0n) is 19.1. The molecular weight excluding hydrogens is 432 g/mol. The minimum atomic E-state index is -1.02. The summed E-state index contributed by atoms with van der Waals surface area (Å²) in [5.74, 6) is -1.40. The Labute approximate surface area is 198 Å². The van der Waals surface area contributed by atoms with Crippen molar-refractivity contribution >= 4 is 17.8 Å². The van der Waals surface area contributed by atoms with Crippen molar-refractivity contribution in [3.8, 4) is 6.07 Å². The quantitative estimate of drug-likeness (QED) is 0.684. The lowest BCUT2D eigenvalue weighted by atomic mass is 9.93. The van der Waals surface area contributed by atoms with Crippen molar-refractivity contribution in [1.82, 2.24) is 15.1 Å². The van der Waals surface area contributed by atoms with Crippen LogP contribution in [0.15, 0.2) is 54.6 Å². The Morgan fingerprint density at radius 2 is 1.88 bits per heavy atom. The number of carboxylic acid groups (broad SMARTS) is 1. The summed E-state index contributed by atoms with van der Waals surface area (Å²) in [6.45, 7) is 2.52. The first-order valence-corrected chi connectivity index (χ1v) is 11.6. The predicted molar refractivity (Wildman–Crippen MR) is 125 cm³/mol. The van der Waals surface area contributed by atoms with Crippen LogP contribution < -0.4 is 5.32 Å². The molecule has 2 aromatic carbocycles. The molecule has 1 spiro atoms. The van der Waals surface area contributed by atoms with Gasteiger partial charge in [-0.05, 0) is 36.6 Å². The summed E-state index contributed by atoms with van der Waals surface area (Å²) >= 11 is 0. The van der Waals surface area contributed by atoms with Crippen molar-refractivity contribution in [3.63, 3.8) is 0 Å². The lowest BCUT2D eigenvalue weighted by Gasteiger charge is -2.46. The molecule has 0 radical (unpaired) electrons. The zero-order valence-corrected chi connectivity index (χ0v) is 19.1. The number of piperidine rings is 1. The van der Waals surface area contributed by atoms with Gasteiger partial charge in [-0.2, -0.15) is 5.26 Å². The van der Waals surface area contributed by atoms with E-state index in [0.717, 1.165) is 5.56 Å². The van der Waals surface area contributed by atoms with E-state index in [0.29, 0.717) is 49.9 Å². The van der Waals surface area contributed by atoms with E-state index in [1.807, 2.05) is 36.4 Å². The molecule has 8 nitrogen and oxygen atoms in total. The number of hydrogen-bond acceptors (Lipinski definition) is 5. The molecule has 2 atom stereocenters. The summed E-state index contributed by atoms with van der Waals surface area (Å²) in [7, 11) is 0. The Morgan fingerprint density at radius 3 is 2.50 bits per heavy atom. The second kappa shape index (κ2) is 9.65. The van der Waals surface area contributed by atoms with Gasteiger partial charge in [-0.25, -0.2) is 4.79 Å². The molecule has 2 aliphatic heterocycles. The number of nitriles is 1. The predicted octanol–water partition coefficient (Wildman–Crippen LogP) is 2.40. The fraction of sp³-hybridized carbons (Fsp3) is 0.385. The number of carboxylic acids is 1. The van der Waals surface area contributed by atoms with Crippen LogP contribution in [-0.4, -0.2) is 63.5 Å². The van der Waals surface area contributed by atoms with Crippen LogP contribution in [0.5, 0.6) is 0 Å². The molecule has 0 aromatic heterocycles. The first kappa shape index (κ1) is 23.5. The highest BCUT2D eigenvalue weighted by atomic mass is 16.4. The lowest BCUT2D eigenvalue weighted by molar-refractivity contribution is -0.154. The summed E-state index contributed by atoms with van der Waals surface area (Å²) in [5.41, 5.74) is 1.05. The molecule has 2 heterocycles. The molecule has 2 fully saturated rings. The van der Waals surface area contributed by atoms with Crippen molar-refractivity contribution in [2.24, 2.45) is 0 Å². The van der Waals surface area contributed by atoms with E-state index in [-0.39, 0.29) is 11.8 Å². The average Bonchev–Trinajstić information content (AvgIpc) is 3.11. The van der Waals surface area contributed by atoms with Gasteiger partial charge in [0.1, 0.15) is 6.04 Å². The molecule has 4 rings (SSSR count). The molecule has 2 aromatic rings. The Balaban J connectivity index is 1.56. The number of nitrogens with one attached hydrogen (secondary N) is 1. The maximum absolute atomic E-state index is 13.5. The van der Waals surface area contributed by atoms with Crippen molar-refractivity contribution in [2.45, 2.75) is 50.4 Å². The molecule has 2 amide bonds. The fourth-order valence-corrected chi connectivity index (χ4v) is 5.11. The zero-order chi connectivity index (χ0) is 24.3. The third kappa shape index (κ3) is 4.39. The molecule has 2 aliphatic rings. The highest BCUT2D eigenvalue weighted by molar-refractivity contribution is 5.95. The lowest BCUT2D eigenvalue weighted by Crippen LogP contribution is -2.63. The molecule has 0 saturated carbocycles. The maximum Gasteiger partial charge on any atom is 0.326 e. The molecule has 0 aliphatic carbocycles. The van der Waals surface area contributed by atoms with Gasteiger partial charge in [0.2, 0.25) is 5.91 Å². The van der Waals surface area contributed by atoms with E-state index < -0.39 is 23.7 Å². The van der Waals surface area contributed by atoms with Gasteiger partial charge in [-0.15, -0.1) is 0 Å². The summed E-state index contributed by atoms with van der Waals surface area (Å²) in [5, 5.41) is 22.5. The van der Waals surface area contributed by atoms with Crippen LogP contribution >= 0.6 is 0 Å². The number of carbonyl (C=O) groups excluding carboxylic acids is 2. The van der Waals surface area contributed by atoms with E-state index in [1.165, 1.54) is 4.90 Å².